The molecule has 1 aliphatic carbocycles. The van der Waals surface area contributed by atoms with Crippen molar-refractivity contribution in [3.63, 3.8) is 0 Å². The van der Waals surface area contributed by atoms with Crippen LogP contribution >= 0.6 is 0 Å². The average Bonchev–Trinajstić information content (AvgIpc) is 2.26. The standard InChI is InChI=1S/C15H14/c1-11-6-7-14-9-12-4-2-3-5-13(12)10-15(14)8-11/h2-7,9-11H,8H2,1H3. The van der Waals surface area contributed by atoms with Crippen LogP contribution in [-0.2, 0) is 6.42 Å². The van der Waals surface area contributed by atoms with Gasteiger partial charge in [-0.05, 0) is 40.3 Å². The van der Waals surface area contributed by atoms with Gasteiger partial charge in [0, 0.05) is 0 Å². The normalized spacial score (nSPS) is 19.1. The number of rotatable bonds is 0. The van der Waals surface area contributed by atoms with Gasteiger partial charge < -0.3 is 0 Å². The van der Waals surface area contributed by atoms with E-state index in [9.17, 15) is 0 Å². The van der Waals surface area contributed by atoms with E-state index in [1.54, 1.807) is 0 Å². The van der Waals surface area contributed by atoms with E-state index in [0.29, 0.717) is 5.92 Å². The number of hydrogen-bond donors (Lipinski definition) is 0. The lowest BCUT2D eigenvalue weighted by atomic mass is 9.89. The Morgan fingerprint density at radius 2 is 1.80 bits per heavy atom. The van der Waals surface area contributed by atoms with Gasteiger partial charge in [0.15, 0.2) is 0 Å². The zero-order valence-electron chi connectivity index (χ0n) is 8.90. The Balaban J connectivity index is 2.26. The smallest absolute Gasteiger partial charge is 0.0178 e. The summed E-state index contributed by atoms with van der Waals surface area (Å²) in [6.07, 6.45) is 5.74. The van der Waals surface area contributed by atoms with E-state index >= 15 is 0 Å². The highest BCUT2D eigenvalue weighted by Crippen LogP contribution is 2.27. The molecule has 2 aromatic rings. The monoisotopic (exact) mass is 194 g/mol. The molecule has 0 nitrogen and oxygen atoms in total. The van der Waals surface area contributed by atoms with Crippen LogP contribution in [0.1, 0.15) is 18.1 Å². The fourth-order valence-corrected chi connectivity index (χ4v) is 2.32. The molecule has 0 bridgehead atoms. The molecule has 0 heteroatoms. The molecule has 74 valence electrons. The molecule has 2 aromatic carbocycles. The van der Waals surface area contributed by atoms with Gasteiger partial charge in [-0.2, -0.15) is 0 Å². The Morgan fingerprint density at radius 1 is 1.07 bits per heavy atom. The second-order valence-corrected chi connectivity index (χ2v) is 4.44. The molecule has 0 saturated carbocycles. The SMILES string of the molecule is CC1C=Cc2cc3ccccc3cc2C1. The largest absolute Gasteiger partial charge is 0.0808 e. The van der Waals surface area contributed by atoms with E-state index in [-0.39, 0.29) is 0 Å². The van der Waals surface area contributed by atoms with Gasteiger partial charge in [0.2, 0.25) is 0 Å². The molecular formula is C15H14. The van der Waals surface area contributed by atoms with Crippen LogP contribution in [0.4, 0.5) is 0 Å². The molecule has 0 aromatic heterocycles. The number of hydrogen-bond acceptors (Lipinski definition) is 0. The van der Waals surface area contributed by atoms with E-state index in [1.165, 1.54) is 28.3 Å². The molecule has 1 aliphatic rings. The zero-order valence-corrected chi connectivity index (χ0v) is 8.90. The first-order valence-electron chi connectivity index (χ1n) is 5.53. The zero-order chi connectivity index (χ0) is 10.3. The Morgan fingerprint density at radius 3 is 2.60 bits per heavy atom. The van der Waals surface area contributed by atoms with E-state index in [4.69, 9.17) is 0 Å². The fourth-order valence-electron chi connectivity index (χ4n) is 2.32. The molecule has 0 heterocycles. The maximum Gasteiger partial charge on any atom is -0.0178 e. The predicted octanol–water partition coefficient (Wildman–Crippen LogP) is 4.05. The van der Waals surface area contributed by atoms with Crippen molar-refractivity contribution in [2.45, 2.75) is 13.3 Å². The lowest BCUT2D eigenvalue weighted by Gasteiger charge is -2.16. The summed E-state index contributed by atoms with van der Waals surface area (Å²) < 4.78 is 0. The van der Waals surface area contributed by atoms with Crippen LogP contribution < -0.4 is 0 Å². The first-order valence-corrected chi connectivity index (χ1v) is 5.53. The van der Waals surface area contributed by atoms with E-state index < -0.39 is 0 Å². The Kier molecular flexibility index (Phi) is 1.88. The van der Waals surface area contributed by atoms with Crippen LogP contribution in [0.25, 0.3) is 16.8 Å². The molecule has 0 fully saturated rings. The number of allylic oxidation sites excluding steroid dienone is 1. The summed E-state index contributed by atoms with van der Waals surface area (Å²) in [6.45, 7) is 2.27. The van der Waals surface area contributed by atoms with Gasteiger partial charge in [-0.15, -0.1) is 0 Å². The predicted molar refractivity (Wildman–Crippen MR) is 65.9 cm³/mol. The summed E-state index contributed by atoms with van der Waals surface area (Å²) >= 11 is 0. The third-order valence-corrected chi connectivity index (χ3v) is 3.15. The van der Waals surface area contributed by atoms with E-state index in [2.05, 4.69) is 55.5 Å². The van der Waals surface area contributed by atoms with Gasteiger partial charge in [-0.3, -0.25) is 0 Å². The van der Waals surface area contributed by atoms with Gasteiger partial charge in [0.1, 0.15) is 0 Å². The van der Waals surface area contributed by atoms with Gasteiger partial charge in [-0.25, -0.2) is 0 Å². The van der Waals surface area contributed by atoms with Gasteiger partial charge >= 0.3 is 0 Å². The summed E-state index contributed by atoms with van der Waals surface area (Å²) in [6, 6.07) is 13.2. The van der Waals surface area contributed by atoms with Crippen molar-refractivity contribution in [3.8, 4) is 0 Å². The summed E-state index contributed by atoms with van der Waals surface area (Å²) in [5, 5.41) is 2.70. The second kappa shape index (κ2) is 3.23. The van der Waals surface area contributed by atoms with E-state index in [0.717, 1.165) is 0 Å². The van der Waals surface area contributed by atoms with Gasteiger partial charge in [0.05, 0.1) is 0 Å². The first-order chi connectivity index (χ1) is 7.33. The van der Waals surface area contributed by atoms with Crippen molar-refractivity contribution < 1.29 is 0 Å². The molecule has 15 heavy (non-hydrogen) atoms. The van der Waals surface area contributed by atoms with Crippen LogP contribution in [-0.4, -0.2) is 0 Å². The van der Waals surface area contributed by atoms with Crippen molar-refractivity contribution >= 4 is 16.8 Å². The summed E-state index contributed by atoms with van der Waals surface area (Å²) in [4.78, 5) is 0. The van der Waals surface area contributed by atoms with Crippen molar-refractivity contribution in [2.24, 2.45) is 5.92 Å². The highest BCUT2D eigenvalue weighted by molar-refractivity contribution is 5.86. The lowest BCUT2D eigenvalue weighted by Crippen LogP contribution is -2.02. The summed E-state index contributed by atoms with van der Waals surface area (Å²) in [5.41, 5.74) is 2.88. The van der Waals surface area contributed by atoms with Crippen molar-refractivity contribution in [1.29, 1.82) is 0 Å². The molecule has 0 radical (unpaired) electrons. The van der Waals surface area contributed by atoms with Crippen LogP contribution in [0.5, 0.6) is 0 Å². The summed E-state index contributed by atoms with van der Waals surface area (Å²) in [7, 11) is 0. The van der Waals surface area contributed by atoms with E-state index in [1.807, 2.05) is 0 Å². The van der Waals surface area contributed by atoms with Crippen LogP contribution in [0.2, 0.25) is 0 Å². The van der Waals surface area contributed by atoms with Crippen molar-refractivity contribution in [2.75, 3.05) is 0 Å². The minimum Gasteiger partial charge on any atom is -0.0808 e. The molecule has 1 unspecified atom stereocenters. The summed E-state index contributed by atoms with van der Waals surface area (Å²) in [5.74, 6) is 0.679. The van der Waals surface area contributed by atoms with Crippen molar-refractivity contribution in [1.82, 2.24) is 0 Å². The molecule has 3 rings (SSSR count). The Labute approximate surface area is 90.2 Å². The van der Waals surface area contributed by atoms with Gasteiger partial charge in [-0.1, -0.05) is 49.4 Å². The quantitative estimate of drug-likeness (QED) is 0.593. The van der Waals surface area contributed by atoms with Crippen LogP contribution in [0.3, 0.4) is 0 Å². The van der Waals surface area contributed by atoms with Crippen LogP contribution in [0, 0.1) is 5.92 Å². The third kappa shape index (κ3) is 1.46. The second-order valence-electron chi connectivity index (χ2n) is 4.44. The molecule has 0 amide bonds. The fraction of sp³-hybridized carbons (Fsp3) is 0.200. The third-order valence-electron chi connectivity index (χ3n) is 3.15. The Hall–Kier alpha value is -1.56. The molecular weight excluding hydrogens is 180 g/mol. The first kappa shape index (κ1) is 8.72. The number of benzene rings is 2. The molecule has 1 atom stereocenters. The average molecular weight is 194 g/mol. The highest BCUT2D eigenvalue weighted by Gasteiger charge is 2.10. The molecule has 0 spiro atoms. The minimum absolute atomic E-state index is 0.679. The van der Waals surface area contributed by atoms with Gasteiger partial charge in [0.25, 0.3) is 0 Å². The number of fused-ring (bicyclic) bond motifs is 2. The van der Waals surface area contributed by atoms with Crippen molar-refractivity contribution in [3.05, 3.63) is 53.6 Å². The molecule has 0 N–H and O–H groups in total. The minimum atomic E-state index is 0.679. The van der Waals surface area contributed by atoms with Crippen LogP contribution in [0.15, 0.2) is 42.5 Å². The topological polar surface area (TPSA) is 0 Å². The maximum absolute atomic E-state index is 2.34. The lowest BCUT2D eigenvalue weighted by molar-refractivity contribution is 0.718. The molecule has 0 saturated heterocycles. The maximum atomic E-state index is 2.34. The molecule has 0 aliphatic heterocycles. The Bertz CT molecular complexity index is 535. The highest BCUT2D eigenvalue weighted by atomic mass is 14.1.